The van der Waals surface area contributed by atoms with Gasteiger partial charge in [-0.05, 0) is 102 Å². The van der Waals surface area contributed by atoms with Crippen molar-refractivity contribution in [3.8, 4) is 0 Å². The summed E-state index contributed by atoms with van der Waals surface area (Å²) in [5.41, 5.74) is 7.73. The summed E-state index contributed by atoms with van der Waals surface area (Å²) in [6, 6.07) is 2.32. The summed E-state index contributed by atoms with van der Waals surface area (Å²) in [6.45, 7) is 16.8. The van der Waals surface area contributed by atoms with Crippen LogP contribution in [0.1, 0.15) is 67.9 Å². The quantitative estimate of drug-likeness (QED) is 0.719. The molecule has 0 radical (unpaired) electrons. The van der Waals surface area contributed by atoms with Crippen molar-refractivity contribution in [1.82, 2.24) is 5.32 Å². The van der Waals surface area contributed by atoms with Crippen LogP contribution in [0.5, 0.6) is 0 Å². The van der Waals surface area contributed by atoms with Crippen molar-refractivity contribution >= 4 is 0 Å². The molecule has 114 valence electrons. The molecule has 0 amide bonds. The van der Waals surface area contributed by atoms with E-state index >= 15 is 0 Å². The fraction of sp³-hybridized carbons (Fsp3) is 0.684. The van der Waals surface area contributed by atoms with Gasteiger partial charge in [-0.3, -0.25) is 0 Å². The lowest BCUT2D eigenvalue weighted by Crippen LogP contribution is -2.36. The van der Waals surface area contributed by atoms with E-state index in [1.807, 2.05) is 0 Å². The highest BCUT2D eigenvalue weighted by atomic mass is 14.9. The van der Waals surface area contributed by atoms with Gasteiger partial charge < -0.3 is 5.32 Å². The second kappa shape index (κ2) is 7.26. The van der Waals surface area contributed by atoms with Crippen molar-refractivity contribution in [2.45, 2.75) is 79.7 Å². The zero-order valence-electron chi connectivity index (χ0n) is 14.6. The smallest absolute Gasteiger partial charge is 0.00965 e. The van der Waals surface area contributed by atoms with Crippen molar-refractivity contribution in [1.29, 1.82) is 0 Å². The molecule has 0 aliphatic heterocycles. The fourth-order valence-corrected chi connectivity index (χ4v) is 2.74. The Morgan fingerprint density at radius 3 is 1.90 bits per heavy atom. The van der Waals surface area contributed by atoms with Crippen molar-refractivity contribution in [2.75, 3.05) is 6.54 Å². The van der Waals surface area contributed by atoms with Crippen molar-refractivity contribution < 1.29 is 0 Å². The number of aryl methyl sites for hydroxylation is 2. The molecule has 1 aromatic rings. The summed E-state index contributed by atoms with van der Waals surface area (Å²) >= 11 is 0. The van der Waals surface area contributed by atoms with E-state index < -0.39 is 0 Å². The van der Waals surface area contributed by atoms with Gasteiger partial charge >= 0.3 is 0 Å². The van der Waals surface area contributed by atoms with E-state index in [1.54, 1.807) is 5.56 Å². The average Bonchev–Trinajstić information content (AvgIpc) is 2.33. The van der Waals surface area contributed by atoms with Crippen molar-refractivity contribution in [3.05, 3.63) is 33.9 Å². The van der Waals surface area contributed by atoms with Gasteiger partial charge in [0.2, 0.25) is 0 Å². The molecule has 0 aliphatic rings. The molecule has 0 bridgehead atoms. The van der Waals surface area contributed by atoms with Gasteiger partial charge in [-0.25, -0.2) is 0 Å². The first-order chi connectivity index (χ1) is 9.22. The van der Waals surface area contributed by atoms with E-state index in [4.69, 9.17) is 0 Å². The minimum Gasteiger partial charge on any atom is -0.312 e. The van der Waals surface area contributed by atoms with Gasteiger partial charge in [0.05, 0.1) is 0 Å². The summed E-state index contributed by atoms with van der Waals surface area (Å²) in [5.74, 6) is 0. The van der Waals surface area contributed by atoms with Crippen LogP contribution in [0.25, 0.3) is 0 Å². The van der Waals surface area contributed by atoms with Crippen LogP contribution in [0.2, 0.25) is 0 Å². The zero-order valence-corrected chi connectivity index (χ0v) is 14.6. The minimum absolute atomic E-state index is 0.251. The normalized spacial score (nSPS) is 11.9. The topological polar surface area (TPSA) is 12.0 Å². The first kappa shape index (κ1) is 17.2. The van der Waals surface area contributed by atoms with Crippen LogP contribution in [0.4, 0.5) is 0 Å². The van der Waals surface area contributed by atoms with E-state index in [9.17, 15) is 0 Å². The molecule has 1 aromatic carbocycles. The molecule has 0 spiro atoms. The molecular weight excluding hydrogens is 242 g/mol. The van der Waals surface area contributed by atoms with Crippen LogP contribution in [-0.4, -0.2) is 12.1 Å². The fourth-order valence-electron chi connectivity index (χ4n) is 2.74. The van der Waals surface area contributed by atoms with Crippen molar-refractivity contribution in [3.63, 3.8) is 0 Å². The van der Waals surface area contributed by atoms with E-state index in [2.05, 4.69) is 59.8 Å². The molecule has 1 nitrogen and oxygen atoms in total. The third kappa shape index (κ3) is 5.28. The third-order valence-electron chi connectivity index (χ3n) is 4.28. The number of benzene rings is 1. The summed E-state index contributed by atoms with van der Waals surface area (Å²) in [4.78, 5) is 0. The highest BCUT2D eigenvalue weighted by Crippen LogP contribution is 2.23. The molecule has 0 aromatic heterocycles. The maximum absolute atomic E-state index is 3.56. The largest absolute Gasteiger partial charge is 0.312 e. The van der Waals surface area contributed by atoms with E-state index in [-0.39, 0.29) is 5.54 Å². The van der Waals surface area contributed by atoms with Gasteiger partial charge in [-0.1, -0.05) is 12.5 Å². The van der Waals surface area contributed by atoms with Crippen LogP contribution in [0.15, 0.2) is 6.07 Å². The second-order valence-corrected chi connectivity index (χ2v) is 7.23. The monoisotopic (exact) mass is 275 g/mol. The minimum atomic E-state index is 0.251. The Balaban J connectivity index is 2.43. The zero-order chi connectivity index (χ0) is 15.3. The first-order valence-corrected chi connectivity index (χ1v) is 8.03. The van der Waals surface area contributed by atoms with Gasteiger partial charge in [-0.2, -0.15) is 0 Å². The molecule has 0 saturated heterocycles. The standard InChI is InChI=1S/C19H33N/c1-14-13-15(2)17(4)18(16(14)3)11-9-8-10-12-20-19(5,6)7/h13,20H,8-12H2,1-7H3. The molecule has 20 heavy (non-hydrogen) atoms. The molecule has 1 N–H and O–H groups in total. The lowest BCUT2D eigenvalue weighted by atomic mass is 9.91. The first-order valence-electron chi connectivity index (χ1n) is 8.03. The van der Waals surface area contributed by atoms with Crippen LogP contribution < -0.4 is 5.32 Å². The van der Waals surface area contributed by atoms with Crippen LogP contribution in [0, 0.1) is 27.7 Å². The average molecular weight is 275 g/mol. The molecule has 0 saturated carbocycles. The highest BCUT2D eigenvalue weighted by Gasteiger charge is 2.09. The maximum Gasteiger partial charge on any atom is 0.00965 e. The Morgan fingerprint density at radius 1 is 0.850 bits per heavy atom. The molecule has 0 atom stereocenters. The molecule has 0 fully saturated rings. The van der Waals surface area contributed by atoms with E-state index in [0.717, 1.165) is 6.54 Å². The number of nitrogens with one attached hydrogen (secondary N) is 1. The summed E-state index contributed by atoms with van der Waals surface area (Å²) < 4.78 is 0. The number of hydrogen-bond acceptors (Lipinski definition) is 1. The Morgan fingerprint density at radius 2 is 1.40 bits per heavy atom. The predicted octanol–water partition coefficient (Wildman–Crippen LogP) is 5.02. The SMILES string of the molecule is Cc1cc(C)c(C)c(CCCCCNC(C)(C)C)c1C. The summed E-state index contributed by atoms with van der Waals surface area (Å²) in [5, 5.41) is 3.56. The Hall–Kier alpha value is -0.820. The van der Waals surface area contributed by atoms with Crippen molar-refractivity contribution in [2.24, 2.45) is 0 Å². The summed E-state index contributed by atoms with van der Waals surface area (Å²) in [7, 11) is 0. The molecule has 1 heteroatoms. The molecule has 0 aliphatic carbocycles. The highest BCUT2D eigenvalue weighted by molar-refractivity contribution is 5.43. The Bertz CT molecular complexity index is 412. The van der Waals surface area contributed by atoms with Gasteiger partial charge in [-0.15, -0.1) is 0 Å². The molecule has 0 unspecified atom stereocenters. The van der Waals surface area contributed by atoms with E-state index in [0.29, 0.717) is 0 Å². The Kier molecular flexibility index (Phi) is 6.26. The van der Waals surface area contributed by atoms with Gasteiger partial charge in [0.1, 0.15) is 0 Å². The molecule has 0 heterocycles. The van der Waals surface area contributed by atoms with Gasteiger partial charge in [0.25, 0.3) is 0 Å². The predicted molar refractivity (Wildman–Crippen MR) is 90.7 cm³/mol. The van der Waals surface area contributed by atoms with Crippen LogP contribution in [0.3, 0.4) is 0 Å². The number of hydrogen-bond donors (Lipinski definition) is 1. The van der Waals surface area contributed by atoms with E-state index in [1.165, 1.54) is 47.9 Å². The maximum atomic E-state index is 3.56. The molecule has 1 rings (SSSR count). The van der Waals surface area contributed by atoms with Gasteiger partial charge in [0, 0.05) is 5.54 Å². The van der Waals surface area contributed by atoms with Gasteiger partial charge in [0.15, 0.2) is 0 Å². The Labute approximate surface area is 126 Å². The lowest BCUT2D eigenvalue weighted by molar-refractivity contribution is 0.417. The third-order valence-corrected chi connectivity index (χ3v) is 4.28. The summed E-state index contributed by atoms with van der Waals surface area (Å²) in [6.07, 6.45) is 5.13. The number of rotatable bonds is 6. The molecular formula is C19H33N. The van der Waals surface area contributed by atoms with Crippen LogP contribution >= 0.6 is 0 Å². The lowest BCUT2D eigenvalue weighted by Gasteiger charge is -2.20. The second-order valence-electron chi connectivity index (χ2n) is 7.23. The number of unbranched alkanes of at least 4 members (excludes halogenated alkanes) is 2. The van der Waals surface area contributed by atoms with Crippen LogP contribution in [-0.2, 0) is 6.42 Å².